The Labute approximate surface area is 209 Å². The van der Waals surface area contributed by atoms with Crippen LogP contribution in [0.1, 0.15) is 91.9 Å². The van der Waals surface area contributed by atoms with Gasteiger partial charge in [0.15, 0.2) is 5.89 Å². The summed E-state index contributed by atoms with van der Waals surface area (Å²) in [6, 6.07) is -0.825. The molecule has 0 aromatic carbocycles. The first-order chi connectivity index (χ1) is 17.3. The molecule has 3 heterocycles. The molecule has 1 fully saturated rings. The Hall–Kier alpha value is -3.36. The summed E-state index contributed by atoms with van der Waals surface area (Å²) in [6.07, 6.45) is 9.98. The summed E-state index contributed by atoms with van der Waals surface area (Å²) < 4.78 is 33.5. The molecule has 1 aliphatic heterocycles. The second-order valence-electron chi connectivity index (χ2n) is 9.27. The van der Waals surface area contributed by atoms with Gasteiger partial charge in [-0.05, 0) is 44.3 Å². The van der Waals surface area contributed by atoms with E-state index < -0.39 is 12.5 Å². The number of carbonyl (C=O) groups is 1. The molecule has 1 unspecified atom stereocenters. The van der Waals surface area contributed by atoms with Crippen LogP contribution in [0.15, 0.2) is 46.2 Å². The Kier molecular flexibility index (Phi) is 7.96. The molecule has 1 aliphatic carbocycles. The van der Waals surface area contributed by atoms with Crippen LogP contribution in [-0.4, -0.2) is 44.4 Å². The van der Waals surface area contributed by atoms with Gasteiger partial charge in [0, 0.05) is 30.2 Å². The van der Waals surface area contributed by atoms with E-state index in [-0.39, 0.29) is 34.4 Å². The van der Waals surface area contributed by atoms with Crippen molar-refractivity contribution in [1.82, 2.24) is 19.9 Å². The predicted molar refractivity (Wildman–Crippen MR) is 134 cm³/mol. The molecule has 4 rings (SSSR count). The molecule has 9 heteroatoms. The topological polar surface area (TPSA) is 98.9 Å². The highest BCUT2D eigenvalue weighted by molar-refractivity contribution is 6.03. The van der Waals surface area contributed by atoms with Crippen LogP contribution in [-0.2, 0) is 12.8 Å². The molecule has 192 valence electrons. The lowest BCUT2D eigenvalue weighted by Crippen LogP contribution is -2.43. The molecule has 0 saturated heterocycles. The smallest absolute Gasteiger partial charge is 0.292 e. The van der Waals surface area contributed by atoms with Crippen molar-refractivity contribution < 1.29 is 18.0 Å². The normalized spacial score (nSPS) is 19.2. The number of rotatable bonds is 9. The maximum Gasteiger partial charge on any atom is 0.292 e. The van der Waals surface area contributed by atoms with E-state index in [0.29, 0.717) is 36.7 Å². The number of oxazole rings is 1. The summed E-state index contributed by atoms with van der Waals surface area (Å²) in [7, 11) is 0. The second-order valence-corrected chi connectivity index (χ2v) is 9.27. The highest BCUT2D eigenvalue weighted by atomic mass is 19.3. The van der Waals surface area contributed by atoms with Crippen LogP contribution in [0.2, 0.25) is 0 Å². The molecule has 0 bridgehead atoms. The molecule has 7 nitrogen and oxygen atoms in total. The van der Waals surface area contributed by atoms with E-state index in [4.69, 9.17) is 9.83 Å². The van der Waals surface area contributed by atoms with E-state index in [2.05, 4.69) is 15.0 Å². The number of halogens is 2. The number of aromatic amines is 1. The molecule has 1 saturated carbocycles. The van der Waals surface area contributed by atoms with Crippen LogP contribution in [0, 0.1) is 5.41 Å². The summed E-state index contributed by atoms with van der Waals surface area (Å²) in [5.41, 5.74) is 2.11. The monoisotopic (exact) mass is 497 g/mol. The lowest BCUT2D eigenvalue weighted by Gasteiger charge is -2.34. The molecule has 2 aromatic rings. The van der Waals surface area contributed by atoms with Crippen LogP contribution < -0.4 is 0 Å². The summed E-state index contributed by atoms with van der Waals surface area (Å²) in [5, 5.41) is 8.87. The van der Waals surface area contributed by atoms with Gasteiger partial charge in [0.05, 0.1) is 23.4 Å². The number of alkyl halides is 2. The number of carbonyl (C=O) groups excluding carboxylic acids is 1. The van der Waals surface area contributed by atoms with Gasteiger partial charge in [0.2, 0.25) is 5.76 Å². The number of fused-ring (bicyclic) bond motifs is 1. The number of H-pyrrole nitrogens is 1. The third kappa shape index (κ3) is 5.10. The zero-order valence-corrected chi connectivity index (χ0v) is 21.0. The lowest BCUT2D eigenvalue weighted by atomic mass is 9.85. The summed E-state index contributed by atoms with van der Waals surface area (Å²) in [6.45, 7) is 5.75. The minimum atomic E-state index is -2.69. The minimum absolute atomic E-state index is 0.0108. The van der Waals surface area contributed by atoms with E-state index >= 15 is 0 Å². The van der Waals surface area contributed by atoms with Crippen LogP contribution >= 0.6 is 0 Å². The molecule has 36 heavy (non-hydrogen) atoms. The van der Waals surface area contributed by atoms with Crippen LogP contribution in [0.4, 0.5) is 8.78 Å². The van der Waals surface area contributed by atoms with Crippen molar-refractivity contribution >= 4 is 11.6 Å². The standard InChI is InChI=1S/C27H33F2N5O2/c1-4-6-7-11-18(25(28)29)16(3)14-19(30)23-22-21(31-15-32-22)12-13-34(23)27(35)24-20(5-2)33-26(36-24)17-9-8-10-17/h6-7,11,14-15,17,23,25,30H,4-5,8-10,12-13H2,1-3H3,(H,31,32)/b7-6-,16-14+,18-11+,30-19?. The van der Waals surface area contributed by atoms with Crippen molar-refractivity contribution in [3.63, 3.8) is 0 Å². The summed E-state index contributed by atoms with van der Waals surface area (Å²) in [4.78, 5) is 27.4. The van der Waals surface area contributed by atoms with E-state index in [1.54, 1.807) is 24.0 Å². The number of hydrogen-bond donors (Lipinski definition) is 2. The van der Waals surface area contributed by atoms with Crippen molar-refractivity contribution in [3.05, 3.63) is 70.5 Å². The maximum absolute atomic E-state index is 13.8. The molecule has 2 N–H and O–H groups in total. The van der Waals surface area contributed by atoms with Gasteiger partial charge in [-0.2, -0.15) is 0 Å². The van der Waals surface area contributed by atoms with E-state index in [1.807, 2.05) is 13.8 Å². The van der Waals surface area contributed by atoms with E-state index in [1.165, 1.54) is 18.5 Å². The minimum Gasteiger partial charge on any atom is -0.435 e. The zero-order chi connectivity index (χ0) is 25.8. The van der Waals surface area contributed by atoms with Crippen LogP contribution in [0.3, 0.4) is 0 Å². The molecule has 2 aliphatic rings. The van der Waals surface area contributed by atoms with Crippen LogP contribution in [0.25, 0.3) is 0 Å². The average Bonchev–Trinajstić information content (AvgIpc) is 3.46. The summed E-state index contributed by atoms with van der Waals surface area (Å²) >= 11 is 0. The fourth-order valence-corrected chi connectivity index (χ4v) is 4.63. The highest BCUT2D eigenvalue weighted by Crippen LogP contribution is 2.38. The summed E-state index contributed by atoms with van der Waals surface area (Å²) in [5.74, 6) is 0.704. The third-order valence-corrected chi connectivity index (χ3v) is 6.89. The number of aromatic nitrogens is 3. The van der Waals surface area contributed by atoms with Crippen LogP contribution in [0.5, 0.6) is 0 Å². The number of nitrogens with one attached hydrogen (secondary N) is 2. The number of amides is 1. The SMILES string of the molecule is CC\C=C/C=C(\C(C)=C\C(=N)C1c2nc[nH]c2CCN1C(=O)c1oc(C2CCC2)nc1CC)C(F)F. The first-order valence-corrected chi connectivity index (χ1v) is 12.6. The van der Waals surface area contributed by atoms with Crippen molar-refractivity contribution in [2.75, 3.05) is 6.54 Å². The molecule has 1 amide bonds. The van der Waals surface area contributed by atoms with Crippen molar-refractivity contribution in [3.8, 4) is 0 Å². The van der Waals surface area contributed by atoms with E-state index in [0.717, 1.165) is 31.4 Å². The van der Waals surface area contributed by atoms with Gasteiger partial charge >= 0.3 is 0 Å². The third-order valence-electron chi connectivity index (χ3n) is 6.89. The Morgan fingerprint density at radius 2 is 2.14 bits per heavy atom. The largest absolute Gasteiger partial charge is 0.435 e. The van der Waals surface area contributed by atoms with Gasteiger partial charge in [-0.1, -0.05) is 38.5 Å². The Bertz CT molecular complexity index is 1200. The van der Waals surface area contributed by atoms with Crippen molar-refractivity contribution in [2.45, 2.75) is 77.7 Å². The number of nitrogens with zero attached hydrogens (tertiary/aromatic N) is 3. The van der Waals surface area contributed by atoms with Gasteiger partial charge < -0.3 is 19.7 Å². The van der Waals surface area contributed by atoms with Crippen molar-refractivity contribution in [1.29, 1.82) is 5.41 Å². The molecule has 2 aromatic heterocycles. The maximum atomic E-state index is 13.8. The number of aryl methyl sites for hydroxylation is 1. The zero-order valence-electron chi connectivity index (χ0n) is 21.0. The molecule has 1 atom stereocenters. The van der Waals surface area contributed by atoms with Crippen molar-refractivity contribution in [2.24, 2.45) is 0 Å². The number of allylic oxidation sites excluding steroid dienone is 5. The first-order valence-electron chi connectivity index (χ1n) is 12.6. The van der Waals surface area contributed by atoms with Gasteiger partial charge in [-0.15, -0.1) is 0 Å². The number of hydrogen-bond acceptors (Lipinski definition) is 5. The molecular weight excluding hydrogens is 464 g/mol. The predicted octanol–water partition coefficient (Wildman–Crippen LogP) is 6.09. The quantitative estimate of drug-likeness (QED) is 0.323. The van der Waals surface area contributed by atoms with Gasteiger partial charge in [0.25, 0.3) is 12.3 Å². The van der Waals surface area contributed by atoms with E-state index in [9.17, 15) is 13.6 Å². The molecular formula is C27H33F2N5O2. The Morgan fingerprint density at radius 1 is 1.36 bits per heavy atom. The highest BCUT2D eigenvalue weighted by Gasteiger charge is 2.38. The van der Waals surface area contributed by atoms with Gasteiger partial charge in [-0.25, -0.2) is 18.7 Å². The molecule has 0 radical (unpaired) electrons. The second kappa shape index (κ2) is 11.1. The molecule has 0 spiro atoms. The Morgan fingerprint density at radius 3 is 2.78 bits per heavy atom. The van der Waals surface area contributed by atoms with Gasteiger partial charge in [0.1, 0.15) is 6.04 Å². The lowest BCUT2D eigenvalue weighted by molar-refractivity contribution is 0.0672. The first kappa shape index (κ1) is 25.7. The van der Waals surface area contributed by atoms with Gasteiger partial charge in [-0.3, -0.25) is 4.79 Å². The average molecular weight is 498 g/mol. The number of imidazole rings is 1. The fourth-order valence-electron chi connectivity index (χ4n) is 4.63. The fraction of sp³-hybridized carbons (Fsp3) is 0.481. The Balaban J connectivity index is 1.68.